The molecule has 2 aromatic rings. The van der Waals surface area contributed by atoms with Crippen LogP contribution in [0.1, 0.15) is 24.2 Å². The van der Waals surface area contributed by atoms with Crippen LogP contribution in [0.15, 0.2) is 36.7 Å². The molecule has 0 spiro atoms. The number of hydrogen-bond acceptors (Lipinski definition) is 5. The molecule has 0 aliphatic carbocycles. The second-order valence-electron chi connectivity index (χ2n) is 4.72. The van der Waals surface area contributed by atoms with Crippen molar-refractivity contribution < 1.29 is 24.2 Å². The van der Waals surface area contributed by atoms with E-state index in [1.54, 1.807) is 24.5 Å². The van der Waals surface area contributed by atoms with E-state index in [0.717, 1.165) is 0 Å². The number of aromatic carboxylic acids is 1. The number of esters is 1. The quantitative estimate of drug-likeness (QED) is 0.663. The van der Waals surface area contributed by atoms with Crippen LogP contribution in [-0.4, -0.2) is 27.9 Å². The Morgan fingerprint density at radius 3 is 2.43 bits per heavy atom. The number of pyridine rings is 1. The maximum absolute atomic E-state index is 11.5. The number of carboxylic acid groups (broad SMARTS) is 1. The summed E-state index contributed by atoms with van der Waals surface area (Å²) in [5.74, 6) is -2.40. The third-order valence-corrected chi connectivity index (χ3v) is 2.88. The molecule has 0 radical (unpaired) electrons. The highest BCUT2D eigenvalue weighted by molar-refractivity contribution is 6.03. The molecule has 0 bridgehead atoms. The van der Waals surface area contributed by atoms with E-state index in [0.29, 0.717) is 11.1 Å². The van der Waals surface area contributed by atoms with Gasteiger partial charge in [0.1, 0.15) is 0 Å². The molecule has 0 saturated carbocycles. The highest BCUT2D eigenvalue weighted by Gasteiger charge is 2.20. The third kappa shape index (κ3) is 3.91. The van der Waals surface area contributed by atoms with Crippen molar-refractivity contribution in [3.8, 4) is 16.9 Å². The lowest BCUT2D eigenvalue weighted by Gasteiger charge is -2.14. The Morgan fingerprint density at radius 1 is 1.17 bits per heavy atom. The standard InChI is InChI=1S/C16H14N2O5/c1-9(19)18-15-13(16(21)22)6-12(7-14(15)23-10(2)20)11-4-3-5-17-8-11/h3-8H,1-2H3,(H,18,19)(H,21,22). The molecular weight excluding hydrogens is 300 g/mol. The SMILES string of the molecule is CC(=O)Nc1c(OC(C)=O)cc(-c2cccnc2)cc1C(=O)O. The maximum atomic E-state index is 11.5. The molecule has 2 N–H and O–H groups in total. The van der Waals surface area contributed by atoms with Crippen molar-refractivity contribution in [2.75, 3.05) is 5.32 Å². The number of nitrogens with one attached hydrogen (secondary N) is 1. The molecule has 1 amide bonds. The minimum atomic E-state index is -1.26. The average Bonchev–Trinajstić information content (AvgIpc) is 2.48. The molecule has 0 aliphatic heterocycles. The number of hydrogen-bond donors (Lipinski definition) is 2. The molecule has 7 nitrogen and oxygen atoms in total. The Hall–Kier alpha value is -3.22. The Bertz CT molecular complexity index is 772. The summed E-state index contributed by atoms with van der Waals surface area (Å²) in [6, 6.07) is 6.31. The van der Waals surface area contributed by atoms with Gasteiger partial charge in [0.2, 0.25) is 5.91 Å². The summed E-state index contributed by atoms with van der Waals surface area (Å²) in [6.45, 7) is 2.42. The lowest BCUT2D eigenvalue weighted by Crippen LogP contribution is -2.14. The highest BCUT2D eigenvalue weighted by Crippen LogP contribution is 2.35. The smallest absolute Gasteiger partial charge is 0.337 e. The number of carboxylic acids is 1. The first-order chi connectivity index (χ1) is 10.9. The monoisotopic (exact) mass is 314 g/mol. The number of nitrogens with zero attached hydrogens (tertiary/aromatic N) is 1. The van der Waals surface area contributed by atoms with Gasteiger partial charge in [-0.3, -0.25) is 14.6 Å². The molecule has 0 atom stereocenters. The minimum absolute atomic E-state index is 0.0357. The van der Waals surface area contributed by atoms with Gasteiger partial charge in [0.25, 0.3) is 0 Å². The molecule has 118 valence electrons. The first-order valence-corrected chi connectivity index (χ1v) is 6.66. The van der Waals surface area contributed by atoms with E-state index in [-0.39, 0.29) is 17.0 Å². The predicted molar refractivity (Wildman–Crippen MR) is 82.2 cm³/mol. The van der Waals surface area contributed by atoms with Crippen LogP contribution in [0.2, 0.25) is 0 Å². The van der Waals surface area contributed by atoms with Crippen LogP contribution in [0, 0.1) is 0 Å². The van der Waals surface area contributed by atoms with Crippen molar-refractivity contribution >= 4 is 23.5 Å². The van der Waals surface area contributed by atoms with Gasteiger partial charge >= 0.3 is 11.9 Å². The zero-order chi connectivity index (χ0) is 17.0. The van der Waals surface area contributed by atoms with Gasteiger partial charge in [-0.1, -0.05) is 6.07 Å². The first-order valence-electron chi connectivity index (χ1n) is 6.66. The Kier molecular flexibility index (Phi) is 4.70. The van der Waals surface area contributed by atoms with E-state index in [9.17, 15) is 19.5 Å². The van der Waals surface area contributed by atoms with Gasteiger partial charge < -0.3 is 15.2 Å². The molecule has 2 rings (SSSR count). The number of rotatable bonds is 4. The molecule has 1 aromatic carbocycles. The van der Waals surface area contributed by atoms with Gasteiger partial charge in [-0.25, -0.2) is 4.79 Å². The van der Waals surface area contributed by atoms with Crippen LogP contribution in [0.25, 0.3) is 11.1 Å². The molecule has 0 aliphatic rings. The van der Waals surface area contributed by atoms with Crippen LogP contribution in [-0.2, 0) is 9.59 Å². The van der Waals surface area contributed by atoms with Gasteiger partial charge in [-0.2, -0.15) is 0 Å². The van der Waals surface area contributed by atoms with E-state index in [1.807, 2.05) is 0 Å². The summed E-state index contributed by atoms with van der Waals surface area (Å²) >= 11 is 0. The highest BCUT2D eigenvalue weighted by atomic mass is 16.5. The Labute approximate surface area is 131 Å². The molecule has 0 unspecified atom stereocenters. The fourth-order valence-electron chi connectivity index (χ4n) is 2.02. The lowest BCUT2D eigenvalue weighted by atomic mass is 10.0. The molecular formula is C16H14N2O5. The number of carbonyl (C=O) groups is 3. The molecule has 7 heteroatoms. The third-order valence-electron chi connectivity index (χ3n) is 2.88. The maximum Gasteiger partial charge on any atom is 0.337 e. The lowest BCUT2D eigenvalue weighted by molar-refractivity contribution is -0.131. The van der Waals surface area contributed by atoms with Crippen molar-refractivity contribution in [2.24, 2.45) is 0 Å². The van der Waals surface area contributed by atoms with Crippen molar-refractivity contribution in [1.29, 1.82) is 0 Å². The van der Waals surface area contributed by atoms with Crippen LogP contribution >= 0.6 is 0 Å². The zero-order valence-corrected chi connectivity index (χ0v) is 12.5. The largest absolute Gasteiger partial charge is 0.478 e. The number of aromatic nitrogens is 1. The molecule has 1 aromatic heterocycles. The van der Waals surface area contributed by atoms with Crippen molar-refractivity contribution in [2.45, 2.75) is 13.8 Å². The van der Waals surface area contributed by atoms with Crippen molar-refractivity contribution in [3.63, 3.8) is 0 Å². The summed E-state index contributed by atoms with van der Waals surface area (Å²) in [4.78, 5) is 38.1. The van der Waals surface area contributed by atoms with E-state index >= 15 is 0 Å². The number of carbonyl (C=O) groups excluding carboxylic acids is 2. The van der Waals surface area contributed by atoms with E-state index in [2.05, 4.69) is 10.3 Å². The number of amides is 1. The molecule has 0 saturated heterocycles. The van der Waals surface area contributed by atoms with Crippen LogP contribution in [0.5, 0.6) is 5.75 Å². The van der Waals surface area contributed by atoms with Gasteiger partial charge in [0.15, 0.2) is 5.75 Å². The molecule has 23 heavy (non-hydrogen) atoms. The summed E-state index contributed by atoms with van der Waals surface area (Å²) in [7, 11) is 0. The van der Waals surface area contributed by atoms with Crippen molar-refractivity contribution in [1.82, 2.24) is 4.98 Å². The first kappa shape index (κ1) is 16.2. The number of anilines is 1. The van der Waals surface area contributed by atoms with Crippen LogP contribution in [0.4, 0.5) is 5.69 Å². The fraction of sp³-hybridized carbons (Fsp3) is 0.125. The molecule has 1 heterocycles. The Balaban J connectivity index is 2.68. The Morgan fingerprint density at radius 2 is 1.91 bits per heavy atom. The molecule has 0 fully saturated rings. The summed E-state index contributed by atoms with van der Waals surface area (Å²) < 4.78 is 5.06. The summed E-state index contributed by atoms with van der Waals surface area (Å²) in [6.07, 6.45) is 3.14. The fourth-order valence-corrected chi connectivity index (χ4v) is 2.02. The number of benzene rings is 1. The van der Waals surface area contributed by atoms with E-state index < -0.39 is 17.8 Å². The second-order valence-corrected chi connectivity index (χ2v) is 4.72. The van der Waals surface area contributed by atoms with Crippen LogP contribution in [0.3, 0.4) is 0 Å². The number of ether oxygens (including phenoxy) is 1. The van der Waals surface area contributed by atoms with Gasteiger partial charge in [-0.05, 0) is 23.8 Å². The normalized spacial score (nSPS) is 10.0. The summed E-state index contributed by atoms with van der Waals surface area (Å²) in [5.41, 5.74) is 0.907. The van der Waals surface area contributed by atoms with Gasteiger partial charge in [0, 0.05) is 31.8 Å². The predicted octanol–water partition coefficient (Wildman–Crippen LogP) is 2.33. The van der Waals surface area contributed by atoms with Gasteiger partial charge in [-0.15, -0.1) is 0 Å². The summed E-state index contributed by atoms with van der Waals surface area (Å²) in [5, 5.41) is 11.8. The van der Waals surface area contributed by atoms with E-state index in [1.165, 1.54) is 26.0 Å². The van der Waals surface area contributed by atoms with E-state index in [4.69, 9.17) is 4.74 Å². The topological polar surface area (TPSA) is 106 Å². The second kappa shape index (κ2) is 6.69. The van der Waals surface area contributed by atoms with Crippen LogP contribution < -0.4 is 10.1 Å². The van der Waals surface area contributed by atoms with Crippen molar-refractivity contribution in [3.05, 3.63) is 42.2 Å². The van der Waals surface area contributed by atoms with Gasteiger partial charge in [0.05, 0.1) is 11.3 Å². The zero-order valence-electron chi connectivity index (χ0n) is 12.5. The average molecular weight is 314 g/mol. The minimum Gasteiger partial charge on any atom is -0.478 e.